The van der Waals surface area contributed by atoms with E-state index in [0.717, 1.165) is 142 Å². The Labute approximate surface area is 737 Å². The summed E-state index contributed by atoms with van der Waals surface area (Å²) in [6, 6.07) is 66.6. The Kier molecular flexibility index (Phi) is 47.1. The molecule has 0 saturated carbocycles. The van der Waals surface area contributed by atoms with Crippen molar-refractivity contribution in [3.63, 3.8) is 0 Å². The number of carbonyl (C=O) groups is 1. The summed E-state index contributed by atoms with van der Waals surface area (Å²) in [5, 5.41) is 21.3. The number of aromatic nitrogens is 2. The molecule has 634 valence electrons. The second-order valence-corrected chi connectivity index (χ2v) is 29.9. The van der Waals surface area contributed by atoms with Crippen LogP contribution in [0.25, 0.3) is 0 Å². The van der Waals surface area contributed by atoms with Gasteiger partial charge in [0, 0.05) is 92.4 Å². The van der Waals surface area contributed by atoms with E-state index in [0.29, 0.717) is 54.0 Å². The van der Waals surface area contributed by atoms with Crippen LogP contribution in [0.5, 0.6) is 17.2 Å². The summed E-state index contributed by atoms with van der Waals surface area (Å²) in [6.45, 7) is 21.1. The van der Waals surface area contributed by atoms with Crippen molar-refractivity contribution in [2.75, 3.05) is 65.0 Å². The number of fused-ring (bicyclic) bond motifs is 1. The van der Waals surface area contributed by atoms with Crippen molar-refractivity contribution in [1.82, 2.24) is 9.97 Å². The summed E-state index contributed by atoms with van der Waals surface area (Å²) >= 11 is 15.4. The van der Waals surface area contributed by atoms with Gasteiger partial charge in [0.05, 0.1) is 66.9 Å². The molecule has 0 aliphatic heterocycles. The summed E-state index contributed by atoms with van der Waals surface area (Å²) in [6.07, 6.45) is 12.0. The fourth-order valence-corrected chi connectivity index (χ4v) is 11.6. The zero-order chi connectivity index (χ0) is 87.8. The van der Waals surface area contributed by atoms with Gasteiger partial charge in [0.2, 0.25) is 5.75 Å². The van der Waals surface area contributed by atoms with Crippen LogP contribution in [0, 0.1) is 6.92 Å². The number of carbonyl (C=O) groups excluding carboxylic acids is 1. The molecule has 2 heterocycles. The Hall–Kier alpha value is -9.70. The normalized spacial score (nSPS) is 12.3. The van der Waals surface area contributed by atoms with E-state index in [9.17, 15) is 4.79 Å². The minimum Gasteiger partial charge on any atom is -0.493 e. The van der Waals surface area contributed by atoms with E-state index in [-0.39, 0.29) is 6.09 Å². The van der Waals surface area contributed by atoms with Crippen molar-refractivity contribution in [3.8, 4) is 17.2 Å². The van der Waals surface area contributed by atoms with E-state index >= 15 is 0 Å². The summed E-state index contributed by atoms with van der Waals surface area (Å²) in [4.78, 5) is 60.2. The lowest BCUT2D eigenvalue weighted by molar-refractivity contribution is 0.0589. The highest BCUT2D eigenvalue weighted by Crippen LogP contribution is 2.42. The Morgan fingerprint density at radius 1 is 0.475 bits per heavy atom. The topological polar surface area (TPSA) is 228 Å². The summed E-state index contributed by atoms with van der Waals surface area (Å²) < 4.78 is 22.5. The van der Waals surface area contributed by atoms with Gasteiger partial charge in [0.1, 0.15) is 37.3 Å². The van der Waals surface area contributed by atoms with Gasteiger partial charge in [-0.3, -0.25) is 29.8 Å². The summed E-state index contributed by atoms with van der Waals surface area (Å²) in [5.41, 5.74) is 21.0. The third-order valence-electron chi connectivity index (χ3n) is 16.7. The van der Waals surface area contributed by atoms with E-state index in [1.165, 1.54) is 16.0 Å². The van der Waals surface area contributed by atoms with Gasteiger partial charge in [0.15, 0.2) is 11.5 Å². The molecule has 0 bridgehead atoms. The Bertz CT molecular complexity index is 4930. The monoisotopic (exact) mass is 1820 g/mol. The van der Waals surface area contributed by atoms with E-state index in [2.05, 4.69) is 145 Å². The van der Waals surface area contributed by atoms with Crippen LogP contribution >= 0.6 is 85.3 Å². The van der Waals surface area contributed by atoms with E-state index in [4.69, 9.17) is 71.3 Å². The maximum absolute atomic E-state index is 12.1. The molecule has 5 atom stereocenters. The first kappa shape index (κ1) is 101. The molecule has 0 N–H and O–H groups in total. The van der Waals surface area contributed by atoms with Gasteiger partial charge in [0.25, 0.3) is 0 Å². The average Bonchev–Trinajstić information content (AvgIpc) is 1.66. The first-order valence-electron chi connectivity index (χ1n) is 38.0. The number of amides is 1. The van der Waals surface area contributed by atoms with Crippen LogP contribution < -0.4 is 19.1 Å². The number of anilines is 1. The van der Waals surface area contributed by atoms with Crippen LogP contribution in [-0.2, 0) is 35.3 Å². The highest BCUT2D eigenvalue weighted by Gasteiger charge is 2.22. The molecule has 11 rings (SSSR count). The van der Waals surface area contributed by atoms with Gasteiger partial charge in [-0.15, -0.1) is 0 Å². The highest BCUT2D eigenvalue weighted by molar-refractivity contribution is 9.10. The first-order chi connectivity index (χ1) is 57.7. The Balaban J connectivity index is 0.000000253. The number of aliphatic imine (C=N–C) groups is 3. The molecule has 0 radical (unpaired) electrons. The van der Waals surface area contributed by atoms with Gasteiger partial charge < -0.3 is 43.1 Å². The van der Waals surface area contributed by atoms with Crippen LogP contribution in [-0.4, -0.2) is 127 Å². The van der Waals surface area contributed by atoms with E-state index in [1.54, 1.807) is 53.2 Å². The lowest BCUT2D eigenvalue weighted by Gasteiger charge is -2.24. The molecule has 1 aliphatic carbocycles. The summed E-state index contributed by atoms with van der Waals surface area (Å²) in [5.74, 6) is 1.82. The number of benzene rings is 8. The molecule has 0 fully saturated rings. The standard InChI is InChI=1S/C20H23ClN2O2.C18H19NO3.C15H13BrClN.C12H18N2O2P2.C10H14NOP.2C8H11N2OP/c1-14(15-6-8-16(21)9-7-15)22-17-10-12-18(13-11-17)23(5)19(24)25-20(2,3)4;1-20-16-10-13(11-17(21-2)18(16)22-3)19-15-9-8-12-6-4-5-7-14(12)15;1-10-8-12(6-7-15(10)17)11(2)18-14-5-3-4-13(16)9-14;1-9(13-15-7-17)11-4-3-5-12(6-11)10(2)14-16-8-18;1-2-10(11-12-8-13)9-6-4-3-5-7-9;1-7(10-11-6-12)8-2-4-9-5-3-8;1-7(10-11-6-12)8-3-2-4-9-5-8/h6-13H,1-5H3;4-7,10-11H,8-9H2,1-3H3;3-9H,1-2H3;3-6H,7-8,17-18H2,1-2H3;3-7H,2,8,13H2,1H3;2*2-5H,6,12H2,1H3/b;;;13-9-,14-10+;11-10+;2*10-7+. The number of methoxy groups -OCH3 is 3. The molecule has 1 amide bonds. The first-order valence-corrected chi connectivity index (χ1v) is 43.6. The molecule has 120 heavy (non-hydrogen) atoms. The molecule has 29 heteroatoms. The molecule has 10 aromatic rings. The molecular formula is C91H109BrCl2N11O10P5. The molecule has 1 aliphatic rings. The minimum absolute atomic E-state index is 0.388. The summed E-state index contributed by atoms with van der Waals surface area (Å²) in [7, 11) is 18.8. The number of halogens is 3. The number of pyridine rings is 2. The van der Waals surface area contributed by atoms with Crippen molar-refractivity contribution < 1.29 is 47.9 Å². The van der Waals surface area contributed by atoms with Crippen LogP contribution in [0.3, 0.4) is 0 Å². The van der Waals surface area contributed by atoms with Gasteiger partial charge in [-0.25, -0.2) is 4.79 Å². The maximum Gasteiger partial charge on any atom is 0.414 e. The van der Waals surface area contributed by atoms with Crippen LogP contribution in [0.4, 0.5) is 27.5 Å². The predicted molar refractivity (Wildman–Crippen MR) is 519 cm³/mol. The predicted octanol–water partition coefficient (Wildman–Crippen LogP) is 24.0. The number of ether oxygens (including phenoxy) is 4. The Morgan fingerprint density at radius 3 is 1.49 bits per heavy atom. The van der Waals surface area contributed by atoms with E-state index < -0.39 is 5.60 Å². The van der Waals surface area contributed by atoms with Crippen LogP contribution in [0.2, 0.25) is 10.0 Å². The quantitative estimate of drug-likeness (QED) is 0.0296. The lowest BCUT2D eigenvalue weighted by atomic mass is 10.1. The van der Waals surface area contributed by atoms with Crippen molar-refractivity contribution in [2.45, 2.75) is 101 Å². The van der Waals surface area contributed by atoms with Crippen molar-refractivity contribution >= 4 is 160 Å². The maximum atomic E-state index is 12.1. The smallest absolute Gasteiger partial charge is 0.414 e. The third-order valence-corrected chi connectivity index (χ3v) is 18.6. The largest absolute Gasteiger partial charge is 0.493 e. The van der Waals surface area contributed by atoms with Gasteiger partial charge in [-0.1, -0.05) is 215 Å². The lowest BCUT2D eigenvalue weighted by Crippen LogP contribution is -2.34. The molecule has 0 saturated heterocycles. The zero-order valence-corrected chi connectivity index (χ0v) is 79.5. The third kappa shape index (κ3) is 36.7. The van der Waals surface area contributed by atoms with Crippen LogP contribution in [0.15, 0.2) is 276 Å². The fraction of sp³-hybridized carbons (Fsp3) is 0.264. The highest BCUT2D eigenvalue weighted by atomic mass is 79.9. The second kappa shape index (κ2) is 56.0. The second-order valence-electron chi connectivity index (χ2n) is 26.5. The molecule has 5 unspecified atom stereocenters. The van der Waals surface area contributed by atoms with E-state index in [1.807, 2.05) is 245 Å². The zero-order valence-electron chi connectivity index (χ0n) is 70.6. The average molecular weight is 1820 g/mol. The van der Waals surface area contributed by atoms with Crippen LogP contribution in [0.1, 0.15) is 138 Å². The molecule has 0 spiro atoms. The number of rotatable bonds is 25. The van der Waals surface area contributed by atoms with Crippen molar-refractivity contribution in [2.24, 2.45) is 40.8 Å². The molecule has 2 aromatic heterocycles. The van der Waals surface area contributed by atoms with Crippen molar-refractivity contribution in [3.05, 3.63) is 301 Å². The number of aryl methyl sites for hydroxylation is 2. The van der Waals surface area contributed by atoms with Crippen molar-refractivity contribution in [1.29, 1.82) is 0 Å². The number of nitrogens with zero attached hydrogens (tertiary/aromatic N) is 11. The van der Waals surface area contributed by atoms with Gasteiger partial charge in [-0.2, -0.15) is 0 Å². The Morgan fingerprint density at radius 2 is 0.967 bits per heavy atom. The number of hydrogen-bond acceptors (Lipinski definition) is 20. The minimum atomic E-state index is -0.523. The molecule has 8 aromatic carbocycles. The van der Waals surface area contributed by atoms with Gasteiger partial charge in [-0.05, 0) is 230 Å². The molecular weight excluding hydrogens is 1710 g/mol. The number of oxime groups is 5. The number of hydrogen-bond donors (Lipinski definition) is 0. The molecule has 21 nitrogen and oxygen atoms in total. The SMILES string of the molecule is C/C(=N/OCP)c1cccc(/C(C)=N/OCP)c1.C/C(=N\OCP)c1cccnc1.C/C(=N\OCP)c1ccncc1.CC(=Nc1ccc(N(C)C(=O)OC(C)(C)C)cc1)c1ccc(Cl)cc1.CC(=Nc1cccc(Br)c1)c1ccc(Cl)c(C)c1.CC/C(=N\OCP)c1ccccc1.COc1cc(N=C2CCc3ccccc32)cc(OC)c1OC. The van der Waals surface area contributed by atoms with Gasteiger partial charge >= 0.3 is 6.09 Å². The fourth-order valence-electron chi connectivity index (χ4n) is 10.6.